The average molecular weight is 442 g/mol. The molecule has 0 unspecified atom stereocenters. The first-order valence-corrected chi connectivity index (χ1v) is 13.5. The highest BCUT2D eigenvalue weighted by Gasteiger charge is 2.04. The van der Waals surface area contributed by atoms with E-state index in [2.05, 4.69) is 19.2 Å². The third-order valence-corrected chi connectivity index (χ3v) is 6.60. The van der Waals surface area contributed by atoms with E-state index in [0.717, 1.165) is 36.0 Å². The van der Waals surface area contributed by atoms with Crippen LogP contribution in [0.2, 0.25) is 0 Å². The highest BCUT2D eigenvalue weighted by molar-refractivity contribution is 8.76. The van der Waals surface area contributed by atoms with Gasteiger partial charge in [-0.2, -0.15) is 11.8 Å². The third kappa shape index (κ3) is 25.9. The van der Waals surface area contributed by atoms with Gasteiger partial charge in [-0.1, -0.05) is 49.3 Å². The third-order valence-electron chi connectivity index (χ3n) is 2.86. The molecule has 0 rings (SSSR count). The molecule has 0 fully saturated rings. The molecule has 8 heteroatoms. The van der Waals surface area contributed by atoms with Crippen molar-refractivity contribution in [2.24, 2.45) is 5.92 Å². The van der Waals surface area contributed by atoms with Crippen molar-refractivity contribution in [1.82, 2.24) is 5.32 Å². The molecule has 0 aliphatic carbocycles. The van der Waals surface area contributed by atoms with Gasteiger partial charge in [0.1, 0.15) is 6.61 Å². The van der Waals surface area contributed by atoms with Crippen molar-refractivity contribution >= 4 is 45.2 Å². The van der Waals surface area contributed by atoms with Crippen LogP contribution in [0.1, 0.15) is 53.9 Å². The van der Waals surface area contributed by atoms with Gasteiger partial charge >= 0.3 is 5.97 Å². The summed E-state index contributed by atoms with van der Waals surface area (Å²) in [4.78, 5) is 22.9. The fraction of sp³-hybridized carbons (Fsp3) is 0.895. The Labute approximate surface area is 178 Å². The number of ether oxygens (including phenoxy) is 2. The molecule has 162 valence electrons. The van der Waals surface area contributed by atoms with Crippen LogP contribution in [-0.4, -0.2) is 61.3 Å². The van der Waals surface area contributed by atoms with Crippen molar-refractivity contribution in [2.45, 2.75) is 53.9 Å². The van der Waals surface area contributed by atoms with E-state index in [9.17, 15) is 9.59 Å². The maximum atomic E-state index is 11.5. The van der Waals surface area contributed by atoms with Gasteiger partial charge < -0.3 is 14.8 Å². The van der Waals surface area contributed by atoms with Crippen molar-refractivity contribution in [1.29, 1.82) is 0 Å². The first-order chi connectivity index (χ1) is 13.1. The zero-order valence-corrected chi connectivity index (χ0v) is 20.2. The van der Waals surface area contributed by atoms with Crippen LogP contribution in [0.5, 0.6) is 0 Å². The van der Waals surface area contributed by atoms with Crippen LogP contribution in [0.3, 0.4) is 0 Å². The quantitative estimate of drug-likeness (QED) is 0.200. The fourth-order valence-corrected chi connectivity index (χ4v) is 5.13. The van der Waals surface area contributed by atoms with Gasteiger partial charge in [0.05, 0.1) is 13.0 Å². The van der Waals surface area contributed by atoms with Crippen molar-refractivity contribution in [3.8, 4) is 0 Å². The van der Waals surface area contributed by atoms with Gasteiger partial charge in [-0.3, -0.25) is 9.59 Å². The Hall–Kier alpha value is -0.0500. The summed E-state index contributed by atoms with van der Waals surface area (Å²) in [6.07, 6.45) is 2.08. The first kappa shape index (κ1) is 29.2. The molecule has 27 heavy (non-hydrogen) atoms. The molecule has 0 saturated carbocycles. The van der Waals surface area contributed by atoms with Crippen LogP contribution in [0, 0.1) is 5.92 Å². The summed E-state index contributed by atoms with van der Waals surface area (Å²) in [7, 11) is 3.70. The monoisotopic (exact) mass is 441 g/mol. The first-order valence-electron chi connectivity index (χ1n) is 9.88. The van der Waals surface area contributed by atoms with Crippen LogP contribution in [-0.2, 0) is 19.1 Å². The summed E-state index contributed by atoms with van der Waals surface area (Å²) in [5, 5.41) is 2.95. The van der Waals surface area contributed by atoms with Crippen LogP contribution in [0.25, 0.3) is 0 Å². The van der Waals surface area contributed by atoms with E-state index >= 15 is 0 Å². The van der Waals surface area contributed by atoms with Gasteiger partial charge in [0.25, 0.3) is 0 Å². The molecule has 0 aromatic rings. The van der Waals surface area contributed by atoms with Crippen molar-refractivity contribution in [3.63, 3.8) is 0 Å². The molecule has 0 saturated heterocycles. The lowest BCUT2D eigenvalue weighted by Crippen LogP contribution is -2.25. The van der Waals surface area contributed by atoms with Crippen LogP contribution >= 0.6 is 33.3 Å². The van der Waals surface area contributed by atoms with E-state index in [0.29, 0.717) is 38.6 Å². The maximum absolute atomic E-state index is 11.5. The number of carbonyl (C=O) groups is 2. The minimum absolute atomic E-state index is 0.145. The highest BCUT2D eigenvalue weighted by Crippen LogP contribution is 2.23. The number of thioether (sulfide) groups is 1. The molecule has 0 aliphatic rings. The molecule has 0 radical (unpaired) electrons. The molecular weight excluding hydrogens is 402 g/mol. The fourth-order valence-electron chi connectivity index (χ4n) is 1.70. The lowest BCUT2D eigenvalue weighted by molar-refractivity contribution is -0.144. The largest absolute Gasteiger partial charge is 0.463 e. The predicted molar refractivity (Wildman–Crippen MR) is 123 cm³/mol. The summed E-state index contributed by atoms with van der Waals surface area (Å²) in [5.74, 6) is 4.38. The number of rotatable bonds is 17. The zero-order valence-electron chi connectivity index (χ0n) is 17.7. The van der Waals surface area contributed by atoms with E-state index < -0.39 is 0 Å². The molecule has 0 aliphatic heterocycles. The highest BCUT2D eigenvalue weighted by atomic mass is 33.1. The molecule has 0 bridgehead atoms. The van der Waals surface area contributed by atoms with E-state index in [1.807, 2.05) is 42.4 Å². The molecule has 0 spiro atoms. The number of nitrogens with one attached hydrogen (secondary N) is 1. The van der Waals surface area contributed by atoms with Gasteiger partial charge in [-0.15, -0.1) is 0 Å². The van der Waals surface area contributed by atoms with Gasteiger partial charge in [0.2, 0.25) is 5.91 Å². The second-order valence-electron chi connectivity index (χ2n) is 5.73. The Morgan fingerprint density at radius 2 is 1.70 bits per heavy atom. The topological polar surface area (TPSA) is 64.6 Å². The van der Waals surface area contributed by atoms with Gasteiger partial charge in [-0.05, 0) is 19.3 Å². The van der Waals surface area contributed by atoms with Crippen molar-refractivity contribution < 1.29 is 19.1 Å². The maximum Gasteiger partial charge on any atom is 0.306 e. The minimum Gasteiger partial charge on any atom is -0.463 e. The standard InChI is InChI=1S/C17H33NO4S3.C2H6/c1-4-21-8-9-22-17(20)6-11-23-12-13-25-24-10-5-7-18-16(19)14-15(2)3;1-2/h15H,4-14H2,1-3H3,(H,18,19);1-2H3. The Morgan fingerprint density at radius 3 is 2.37 bits per heavy atom. The second kappa shape index (κ2) is 24.0. The number of hydrogen-bond acceptors (Lipinski definition) is 7. The number of amides is 1. The Bertz CT molecular complexity index is 345. The number of esters is 1. The van der Waals surface area contributed by atoms with E-state index in [1.165, 1.54) is 0 Å². The van der Waals surface area contributed by atoms with Gasteiger partial charge in [0.15, 0.2) is 0 Å². The summed E-state index contributed by atoms with van der Waals surface area (Å²) in [5.41, 5.74) is 0. The molecule has 0 aromatic carbocycles. The molecular formula is C19H39NO4S3. The van der Waals surface area contributed by atoms with Crippen molar-refractivity contribution in [2.75, 3.05) is 49.4 Å². The van der Waals surface area contributed by atoms with Crippen LogP contribution < -0.4 is 5.32 Å². The number of carbonyl (C=O) groups excluding carboxylic acids is 2. The Morgan fingerprint density at radius 1 is 1.00 bits per heavy atom. The Kier molecular flexibility index (Phi) is 25.9. The summed E-state index contributed by atoms with van der Waals surface area (Å²) in [6.45, 7) is 12.3. The molecule has 1 amide bonds. The lowest BCUT2D eigenvalue weighted by atomic mass is 10.1. The number of hydrogen-bond donors (Lipinski definition) is 1. The predicted octanol–water partition coefficient (Wildman–Crippen LogP) is 4.65. The molecule has 0 aromatic heterocycles. The SMILES string of the molecule is CC.CCOCCOC(=O)CCSCCSSCCCNC(=O)CC(C)C. The second-order valence-corrected chi connectivity index (χ2v) is 9.65. The van der Waals surface area contributed by atoms with Crippen molar-refractivity contribution in [3.05, 3.63) is 0 Å². The summed E-state index contributed by atoms with van der Waals surface area (Å²) >= 11 is 1.78. The molecule has 0 atom stereocenters. The summed E-state index contributed by atoms with van der Waals surface area (Å²) < 4.78 is 10.2. The molecule has 1 N–H and O–H groups in total. The summed E-state index contributed by atoms with van der Waals surface area (Å²) in [6, 6.07) is 0. The van der Waals surface area contributed by atoms with E-state index in [4.69, 9.17) is 9.47 Å². The van der Waals surface area contributed by atoms with Gasteiger partial charge in [0, 0.05) is 42.6 Å². The minimum atomic E-state index is -0.145. The lowest BCUT2D eigenvalue weighted by Gasteiger charge is -2.07. The van der Waals surface area contributed by atoms with Crippen LogP contribution in [0.4, 0.5) is 0 Å². The van der Waals surface area contributed by atoms with E-state index in [1.54, 1.807) is 11.8 Å². The Balaban J connectivity index is 0. The van der Waals surface area contributed by atoms with Gasteiger partial charge in [-0.25, -0.2) is 0 Å². The zero-order chi connectivity index (χ0) is 20.8. The van der Waals surface area contributed by atoms with E-state index in [-0.39, 0.29) is 11.9 Å². The van der Waals surface area contributed by atoms with Crippen LogP contribution in [0.15, 0.2) is 0 Å². The molecule has 0 heterocycles. The smallest absolute Gasteiger partial charge is 0.306 e. The molecule has 5 nitrogen and oxygen atoms in total. The average Bonchev–Trinajstić information content (AvgIpc) is 2.64. The normalized spacial score (nSPS) is 10.3.